The molecule has 0 amide bonds. The molecule has 0 aliphatic carbocycles. The number of thioether (sulfide) groups is 1. The van der Waals surface area contributed by atoms with Crippen LogP contribution in [0.25, 0.3) is 0 Å². The monoisotopic (exact) mass is 347 g/mol. The zero-order valence-electron chi connectivity index (χ0n) is 9.59. The van der Waals surface area contributed by atoms with E-state index in [9.17, 15) is 13.2 Å². The van der Waals surface area contributed by atoms with Gasteiger partial charge in [0, 0.05) is 15.9 Å². The van der Waals surface area contributed by atoms with E-state index in [1.807, 2.05) is 0 Å². The van der Waals surface area contributed by atoms with Crippen LogP contribution in [-0.2, 0) is 5.75 Å². The Balaban J connectivity index is 2.19. The third-order valence-corrected chi connectivity index (χ3v) is 4.28. The molecule has 2 rings (SSSR count). The summed E-state index contributed by atoms with van der Waals surface area (Å²) in [7, 11) is 0. The van der Waals surface area contributed by atoms with E-state index in [0.717, 1.165) is 29.5 Å². The Kier molecular flexibility index (Phi) is 4.42. The maximum atomic E-state index is 13.6. The van der Waals surface area contributed by atoms with Gasteiger partial charge in [0.15, 0.2) is 0 Å². The molecule has 0 fully saturated rings. The van der Waals surface area contributed by atoms with Gasteiger partial charge in [-0.2, -0.15) is 0 Å². The smallest absolute Gasteiger partial charge is 0.141 e. The third-order valence-electron chi connectivity index (χ3n) is 2.41. The Labute approximate surface area is 121 Å². The fourth-order valence-corrected chi connectivity index (χ4v) is 3.13. The maximum Gasteiger partial charge on any atom is 0.141 e. The van der Waals surface area contributed by atoms with Crippen LogP contribution in [-0.4, -0.2) is 0 Å². The molecular weight excluding hydrogens is 339 g/mol. The number of nitrogens with two attached hydrogens (primary N) is 1. The standard InChI is InChI=1S/C13H9BrF3NS/c14-10-3-8(15)2-1-7(10)6-19-13-11(16)4-9(18)5-12(13)17/h1-5H,6,18H2. The largest absolute Gasteiger partial charge is 0.399 e. The molecule has 0 bridgehead atoms. The molecule has 0 aromatic heterocycles. The minimum absolute atomic E-state index is 0.0438. The van der Waals surface area contributed by atoms with E-state index in [-0.39, 0.29) is 16.4 Å². The molecule has 19 heavy (non-hydrogen) atoms. The summed E-state index contributed by atoms with van der Waals surface area (Å²) in [5.74, 6) is -1.44. The van der Waals surface area contributed by atoms with Crippen LogP contribution in [0.15, 0.2) is 39.7 Å². The van der Waals surface area contributed by atoms with Crippen molar-refractivity contribution in [2.45, 2.75) is 10.6 Å². The lowest BCUT2D eigenvalue weighted by Crippen LogP contribution is -1.94. The topological polar surface area (TPSA) is 26.0 Å². The van der Waals surface area contributed by atoms with Crippen LogP contribution in [0.4, 0.5) is 18.9 Å². The molecule has 0 saturated carbocycles. The molecule has 0 unspecified atom stereocenters. The number of hydrogen-bond donors (Lipinski definition) is 1. The molecule has 0 spiro atoms. The number of halogens is 4. The molecule has 0 saturated heterocycles. The summed E-state index contributed by atoms with van der Waals surface area (Å²) < 4.78 is 40.6. The van der Waals surface area contributed by atoms with Gasteiger partial charge in [0.1, 0.15) is 17.5 Å². The molecule has 6 heteroatoms. The van der Waals surface area contributed by atoms with E-state index in [1.165, 1.54) is 12.1 Å². The zero-order valence-corrected chi connectivity index (χ0v) is 12.0. The molecule has 0 radical (unpaired) electrons. The van der Waals surface area contributed by atoms with Crippen molar-refractivity contribution in [3.05, 3.63) is 57.8 Å². The summed E-state index contributed by atoms with van der Waals surface area (Å²) in [5, 5.41) is 0. The lowest BCUT2D eigenvalue weighted by Gasteiger charge is -2.07. The first-order chi connectivity index (χ1) is 8.97. The van der Waals surface area contributed by atoms with E-state index < -0.39 is 11.6 Å². The summed E-state index contributed by atoms with van der Waals surface area (Å²) in [6.45, 7) is 0. The van der Waals surface area contributed by atoms with Crippen molar-refractivity contribution in [1.82, 2.24) is 0 Å². The van der Waals surface area contributed by atoms with Crippen LogP contribution >= 0.6 is 27.7 Å². The van der Waals surface area contributed by atoms with Crippen LogP contribution in [0.5, 0.6) is 0 Å². The SMILES string of the molecule is Nc1cc(F)c(SCc2ccc(F)cc2Br)c(F)c1. The van der Waals surface area contributed by atoms with Gasteiger partial charge in [-0.3, -0.25) is 0 Å². The molecule has 0 atom stereocenters. The normalized spacial score (nSPS) is 10.7. The molecule has 0 aliphatic rings. The highest BCUT2D eigenvalue weighted by molar-refractivity contribution is 9.10. The van der Waals surface area contributed by atoms with E-state index in [4.69, 9.17) is 5.73 Å². The van der Waals surface area contributed by atoms with E-state index in [0.29, 0.717) is 10.2 Å². The van der Waals surface area contributed by atoms with Gasteiger partial charge in [-0.05, 0) is 29.8 Å². The molecule has 2 aromatic rings. The van der Waals surface area contributed by atoms with Crippen molar-refractivity contribution < 1.29 is 13.2 Å². The number of anilines is 1. The summed E-state index contributed by atoms with van der Waals surface area (Å²) in [4.78, 5) is -0.0922. The predicted molar refractivity (Wildman–Crippen MR) is 74.4 cm³/mol. The van der Waals surface area contributed by atoms with Crippen LogP contribution < -0.4 is 5.73 Å². The summed E-state index contributed by atoms with van der Waals surface area (Å²) >= 11 is 4.21. The highest BCUT2D eigenvalue weighted by Gasteiger charge is 2.12. The van der Waals surface area contributed by atoms with E-state index in [1.54, 1.807) is 6.07 Å². The molecule has 0 heterocycles. The lowest BCUT2D eigenvalue weighted by atomic mass is 10.2. The molecule has 0 aliphatic heterocycles. The molecule has 2 aromatic carbocycles. The molecular formula is C13H9BrF3NS. The van der Waals surface area contributed by atoms with Crippen LogP contribution in [0.2, 0.25) is 0 Å². The second-order valence-electron chi connectivity index (χ2n) is 3.84. The first-order valence-corrected chi connectivity index (χ1v) is 7.06. The van der Waals surface area contributed by atoms with Gasteiger partial charge in [0.25, 0.3) is 0 Å². The highest BCUT2D eigenvalue weighted by atomic mass is 79.9. The summed E-state index contributed by atoms with van der Waals surface area (Å²) in [6, 6.07) is 6.33. The molecule has 2 N–H and O–H groups in total. The minimum atomic E-state index is -0.694. The van der Waals surface area contributed by atoms with Crippen molar-refractivity contribution >= 4 is 33.4 Å². The van der Waals surface area contributed by atoms with Gasteiger partial charge >= 0.3 is 0 Å². The number of hydrogen-bond acceptors (Lipinski definition) is 2. The number of rotatable bonds is 3. The van der Waals surface area contributed by atoms with Crippen molar-refractivity contribution in [1.29, 1.82) is 0 Å². The van der Waals surface area contributed by atoms with E-state index in [2.05, 4.69) is 15.9 Å². The fraction of sp³-hybridized carbons (Fsp3) is 0.0769. The second kappa shape index (κ2) is 5.88. The quantitative estimate of drug-likeness (QED) is 0.640. The predicted octanol–water partition coefficient (Wildman–Crippen LogP) is 4.74. The maximum absolute atomic E-state index is 13.6. The lowest BCUT2D eigenvalue weighted by molar-refractivity contribution is 0.542. The molecule has 100 valence electrons. The van der Waals surface area contributed by atoms with Crippen LogP contribution in [0.3, 0.4) is 0 Å². The van der Waals surface area contributed by atoms with Crippen molar-refractivity contribution in [3.63, 3.8) is 0 Å². The summed E-state index contributed by atoms with van der Waals surface area (Å²) in [6.07, 6.45) is 0. The number of nitrogen functional groups attached to an aromatic ring is 1. The average molecular weight is 348 g/mol. The van der Waals surface area contributed by atoms with Crippen molar-refractivity contribution in [2.24, 2.45) is 0 Å². The molecule has 1 nitrogen and oxygen atoms in total. The summed E-state index contributed by atoms with van der Waals surface area (Å²) in [5.41, 5.74) is 6.13. The van der Waals surface area contributed by atoms with Crippen molar-refractivity contribution in [3.8, 4) is 0 Å². The van der Waals surface area contributed by atoms with Crippen LogP contribution in [0.1, 0.15) is 5.56 Å². The Morgan fingerprint density at radius 2 is 1.68 bits per heavy atom. The number of benzene rings is 2. The Bertz CT molecular complexity index is 596. The fourth-order valence-electron chi connectivity index (χ4n) is 1.51. The second-order valence-corrected chi connectivity index (χ2v) is 5.68. The van der Waals surface area contributed by atoms with Gasteiger partial charge in [-0.1, -0.05) is 22.0 Å². The van der Waals surface area contributed by atoms with Crippen LogP contribution in [0, 0.1) is 17.5 Å². The first-order valence-electron chi connectivity index (χ1n) is 5.28. The van der Waals surface area contributed by atoms with Crippen molar-refractivity contribution in [2.75, 3.05) is 5.73 Å². The third kappa shape index (κ3) is 3.45. The Hall–Kier alpha value is -1.14. The van der Waals surface area contributed by atoms with Gasteiger partial charge < -0.3 is 5.73 Å². The minimum Gasteiger partial charge on any atom is -0.399 e. The van der Waals surface area contributed by atoms with Gasteiger partial charge in [0.2, 0.25) is 0 Å². The van der Waals surface area contributed by atoms with Gasteiger partial charge in [-0.25, -0.2) is 13.2 Å². The Morgan fingerprint density at radius 3 is 2.26 bits per heavy atom. The zero-order chi connectivity index (χ0) is 14.0. The van der Waals surface area contributed by atoms with E-state index >= 15 is 0 Å². The Morgan fingerprint density at radius 1 is 1.05 bits per heavy atom. The van der Waals surface area contributed by atoms with Gasteiger partial charge in [0.05, 0.1) is 4.90 Å². The van der Waals surface area contributed by atoms with Gasteiger partial charge in [-0.15, -0.1) is 11.8 Å². The average Bonchev–Trinajstić information content (AvgIpc) is 2.30. The first kappa shape index (κ1) is 14.3. The highest BCUT2D eigenvalue weighted by Crippen LogP contribution is 2.32.